The zero-order valence-corrected chi connectivity index (χ0v) is 25.7. The van der Waals surface area contributed by atoms with Crippen LogP contribution in [0.4, 0.5) is 10.5 Å². The molecule has 4 aliphatic carbocycles. The number of non-ortho nitro benzene ring substituents is 1. The van der Waals surface area contributed by atoms with Crippen molar-refractivity contribution in [2.75, 3.05) is 0 Å². The summed E-state index contributed by atoms with van der Waals surface area (Å²) in [5.74, 6) is 3.79. The number of thioether (sulfide) groups is 1. The minimum absolute atomic E-state index is 0.00415. The fraction of sp³-hybridized carbons (Fsp3) is 0.735. The molecule has 0 heterocycles. The number of nitro benzene ring substituents is 1. The number of ether oxygens (including phenoxy) is 1. The monoisotopic (exact) mass is 567 g/mol. The molecule has 0 aromatic heterocycles. The number of unbranched alkanes of at least 4 members (excludes halogenated alkanes) is 5. The van der Waals surface area contributed by atoms with Crippen LogP contribution in [-0.4, -0.2) is 15.5 Å². The molecule has 4 aliphatic rings. The van der Waals surface area contributed by atoms with Crippen LogP contribution in [0.2, 0.25) is 0 Å². The van der Waals surface area contributed by atoms with Crippen molar-refractivity contribution in [2.45, 2.75) is 122 Å². The van der Waals surface area contributed by atoms with Crippen molar-refractivity contribution >= 4 is 22.8 Å². The summed E-state index contributed by atoms with van der Waals surface area (Å²) < 4.78 is 5.50. The number of fused-ring (bicyclic) bond motifs is 5. The summed E-state index contributed by atoms with van der Waals surface area (Å²) in [6.07, 6.45) is 22.5. The van der Waals surface area contributed by atoms with Gasteiger partial charge in [-0.3, -0.25) is 10.1 Å². The third kappa shape index (κ3) is 6.03. The van der Waals surface area contributed by atoms with Crippen molar-refractivity contribution in [2.24, 2.45) is 34.5 Å². The topological polar surface area (TPSA) is 69.4 Å². The highest BCUT2D eigenvalue weighted by molar-refractivity contribution is 8.13. The number of hydrogen-bond acceptors (Lipinski definition) is 5. The minimum Gasteiger partial charge on any atom is -0.418 e. The van der Waals surface area contributed by atoms with Crippen LogP contribution in [0.15, 0.2) is 35.9 Å². The molecule has 0 amide bonds. The number of carbonyl (C=O) groups excluding carboxylic acids is 1. The molecule has 1 aromatic rings. The lowest BCUT2D eigenvalue weighted by Crippen LogP contribution is -2.50. The Bertz CT molecular complexity index is 1090. The maximum absolute atomic E-state index is 12.7. The second kappa shape index (κ2) is 12.6. The average molecular weight is 568 g/mol. The minimum atomic E-state index is -0.448. The van der Waals surface area contributed by atoms with E-state index in [1.165, 1.54) is 113 Å². The van der Waals surface area contributed by atoms with Crippen LogP contribution in [0.3, 0.4) is 0 Å². The van der Waals surface area contributed by atoms with Gasteiger partial charge in [0.1, 0.15) is 5.75 Å². The molecule has 1 aromatic carbocycles. The predicted octanol–water partition coefficient (Wildman–Crippen LogP) is 10.5. The van der Waals surface area contributed by atoms with Crippen molar-refractivity contribution < 1.29 is 14.5 Å². The van der Waals surface area contributed by atoms with Crippen LogP contribution in [0.1, 0.15) is 117 Å². The second-order valence-corrected chi connectivity index (χ2v) is 15.0. The van der Waals surface area contributed by atoms with Gasteiger partial charge in [0.15, 0.2) is 0 Å². The lowest BCUT2D eigenvalue weighted by Gasteiger charge is -2.58. The molecule has 0 bridgehead atoms. The Hall–Kier alpha value is -1.82. The lowest BCUT2D eigenvalue weighted by atomic mass is 9.47. The van der Waals surface area contributed by atoms with Gasteiger partial charge < -0.3 is 4.74 Å². The van der Waals surface area contributed by atoms with Crippen LogP contribution in [0.25, 0.3) is 0 Å². The highest BCUT2D eigenvalue weighted by Gasteiger charge is 2.58. The first-order chi connectivity index (χ1) is 19.2. The molecule has 5 rings (SSSR count). The SMILES string of the molecule is CCCCCCCCC1CCC2C3CC=C4CC(SC(=O)Oc5ccc([N+](=O)[O-])cc5)CCC4(C)C3CCC12C. The maximum Gasteiger partial charge on any atom is 0.372 e. The Morgan fingerprint density at radius 1 is 1.00 bits per heavy atom. The average Bonchev–Trinajstić information content (AvgIpc) is 3.27. The maximum atomic E-state index is 12.7. The first kappa shape index (κ1) is 29.7. The van der Waals surface area contributed by atoms with E-state index in [1.807, 2.05) is 0 Å². The van der Waals surface area contributed by atoms with Crippen molar-refractivity contribution in [3.8, 4) is 5.75 Å². The fourth-order valence-electron chi connectivity index (χ4n) is 9.37. The Kier molecular flexibility index (Phi) is 9.34. The van der Waals surface area contributed by atoms with Gasteiger partial charge in [-0.2, -0.15) is 0 Å². The molecule has 6 heteroatoms. The summed E-state index contributed by atoms with van der Waals surface area (Å²) in [6.45, 7) is 7.50. The van der Waals surface area contributed by atoms with Crippen LogP contribution in [0, 0.1) is 44.6 Å². The Balaban J connectivity index is 1.16. The number of rotatable bonds is 10. The summed E-state index contributed by atoms with van der Waals surface area (Å²) in [7, 11) is 0. The van der Waals surface area contributed by atoms with Crippen LogP contribution in [0.5, 0.6) is 5.75 Å². The molecule has 0 saturated heterocycles. The molecule has 3 fully saturated rings. The quantitative estimate of drug-likeness (QED) is 0.0924. The highest BCUT2D eigenvalue weighted by atomic mass is 32.2. The summed E-state index contributed by atoms with van der Waals surface area (Å²) in [4.78, 5) is 23.1. The zero-order chi connectivity index (χ0) is 28.3. The van der Waals surface area contributed by atoms with Crippen LogP contribution >= 0.6 is 11.8 Å². The number of nitro groups is 1. The van der Waals surface area contributed by atoms with Gasteiger partial charge in [0.25, 0.3) is 5.69 Å². The molecule has 3 saturated carbocycles. The molecule has 5 nitrogen and oxygen atoms in total. The van der Waals surface area contributed by atoms with E-state index >= 15 is 0 Å². The molecule has 220 valence electrons. The van der Waals surface area contributed by atoms with E-state index in [0.29, 0.717) is 11.2 Å². The molecule has 0 aliphatic heterocycles. The van der Waals surface area contributed by atoms with E-state index in [-0.39, 0.29) is 21.7 Å². The second-order valence-electron chi connectivity index (χ2n) is 13.7. The van der Waals surface area contributed by atoms with Gasteiger partial charge in [-0.25, -0.2) is 4.79 Å². The number of carbonyl (C=O) groups is 1. The highest BCUT2D eigenvalue weighted by Crippen LogP contribution is 2.67. The normalized spacial score (nSPS) is 34.8. The zero-order valence-electron chi connectivity index (χ0n) is 24.9. The Morgan fingerprint density at radius 2 is 1.75 bits per heavy atom. The van der Waals surface area contributed by atoms with Crippen molar-refractivity contribution in [1.29, 1.82) is 0 Å². The number of benzene rings is 1. The van der Waals surface area contributed by atoms with Gasteiger partial charge in [-0.1, -0.05) is 70.9 Å². The number of hydrogen-bond donors (Lipinski definition) is 0. The molecule has 0 spiro atoms. The van der Waals surface area contributed by atoms with Crippen LogP contribution in [-0.2, 0) is 0 Å². The van der Waals surface area contributed by atoms with E-state index in [0.717, 1.165) is 42.9 Å². The number of allylic oxidation sites excluding steroid dienone is 2. The van der Waals surface area contributed by atoms with Crippen molar-refractivity contribution in [3.63, 3.8) is 0 Å². The summed E-state index contributed by atoms with van der Waals surface area (Å²) in [6, 6.07) is 5.74. The smallest absolute Gasteiger partial charge is 0.372 e. The molecular weight excluding hydrogens is 518 g/mol. The van der Waals surface area contributed by atoms with E-state index < -0.39 is 4.92 Å². The van der Waals surface area contributed by atoms with E-state index in [1.54, 1.807) is 5.57 Å². The van der Waals surface area contributed by atoms with Gasteiger partial charge in [-0.05, 0) is 116 Å². The third-order valence-electron chi connectivity index (χ3n) is 11.7. The van der Waals surface area contributed by atoms with E-state index in [2.05, 4.69) is 26.8 Å². The number of nitrogens with zero attached hydrogens (tertiary/aromatic N) is 1. The van der Waals surface area contributed by atoms with Gasteiger partial charge >= 0.3 is 5.30 Å². The van der Waals surface area contributed by atoms with Gasteiger partial charge in [0.2, 0.25) is 0 Å². The molecule has 40 heavy (non-hydrogen) atoms. The third-order valence-corrected chi connectivity index (χ3v) is 12.7. The first-order valence-electron chi connectivity index (χ1n) is 16.1. The predicted molar refractivity (Wildman–Crippen MR) is 164 cm³/mol. The largest absolute Gasteiger partial charge is 0.418 e. The van der Waals surface area contributed by atoms with Gasteiger partial charge in [0.05, 0.1) is 4.92 Å². The molecular formula is C34H49NO4S. The molecule has 7 unspecified atom stereocenters. The van der Waals surface area contributed by atoms with Gasteiger partial charge in [0, 0.05) is 17.4 Å². The van der Waals surface area contributed by atoms with Crippen molar-refractivity contribution in [1.82, 2.24) is 0 Å². The van der Waals surface area contributed by atoms with Gasteiger partial charge in [-0.15, -0.1) is 0 Å². The summed E-state index contributed by atoms with van der Waals surface area (Å²) >= 11 is 1.30. The molecule has 0 N–H and O–H groups in total. The van der Waals surface area contributed by atoms with E-state index in [9.17, 15) is 14.9 Å². The standard InChI is InChI=1S/C34H49NO4S/c1-4-5-6-7-8-9-10-24-12-18-30-29-17-11-25-23-28(19-21-34(25,3)31(29)20-22-33(24,30)2)40-32(36)39-27-15-13-26(14-16-27)35(37)38/h11,13-16,24,28-31H,4-10,12,17-23H2,1-3H3. The summed E-state index contributed by atoms with van der Waals surface area (Å²) in [5.41, 5.74) is 2.41. The van der Waals surface area contributed by atoms with Crippen molar-refractivity contribution in [3.05, 3.63) is 46.0 Å². The molecule has 0 radical (unpaired) electrons. The van der Waals surface area contributed by atoms with E-state index in [4.69, 9.17) is 4.74 Å². The fourth-order valence-corrected chi connectivity index (χ4v) is 10.3. The van der Waals surface area contributed by atoms with Crippen LogP contribution < -0.4 is 4.74 Å². The first-order valence-corrected chi connectivity index (χ1v) is 16.9. The molecule has 7 atom stereocenters. The Labute approximate surface area is 245 Å². The lowest BCUT2D eigenvalue weighted by molar-refractivity contribution is -0.384. The summed E-state index contributed by atoms with van der Waals surface area (Å²) in [5, 5.41) is 10.8. The Morgan fingerprint density at radius 3 is 2.50 bits per heavy atom.